The molecule has 0 aromatic heterocycles. The molecule has 2 N–H and O–H groups in total. The number of carbonyl (C=O) groups excluding carboxylic acids is 1. The molecule has 0 spiro atoms. The Labute approximate surface area is 128 Å². The first-order chi connectivity index (χ1) is 9.88. The number of hydrogen-bond acceptors (Lipinski definition) is 3. The highest BCUT2D eigenvalue weighted by Crippen LogP contribution is 2.28. The van der Waals surface area contributed by atoms with Crippen molar-refractivity contribution in [3.05, 3.63) is 46.9 Å². The van der Waals surface area contributed by atoms with E-state index in [9.17, 15) is 9.18 Å². The summed E-state index contributed by atoms with van der Waals surface area (Å²) in [4.78, 5) is 12.3. The molecule has 0 saturated heterocycles. The van der Waals surface area contributed by atoms with Crippen molar-refractivity contribution in [2.24, 2.45) is 0 Å². The molecular formula is C15H17FN2O2S. The monoisotopic (exact) mass is 308 g/mol. The minimum atomic E-state index is -0.453. The SMILES string of the molecule is CC1=C(C(=O)OC(C)C)[C@@H](c2ccc(F)cc2)NC(=S)N1. The molecule has 0 amide bonds. The molecule has 4 nitrogen and oxygen atoms in total. The topological polar surface area (TPSA) is 50.4 Å². The molecule has 1 aromatic rings. The van der Waals surface area contributed by atoms with Gasteiger partial charge >= 0.3 is 5.97 Å². The van der Waals surface area contributed by atoms with E-state index in [1.54, 1.807) is 32.9 Å². The van der Waals surface area contributed by atoms with Crippen molar-refractivity contribution in [3.63, 3.8) is 0 Å². The van der Waals surface area contributed by atoms with Crippen molar-refractivity contribution in [3.8, 4) is 0 Å². The van der Waals surface area contributed by atoms with Crippen molar-refractivity contribution in [1.29, 1.82) is 0 Å². The number of esters is 1. The van der Waals surface area contributed by atoms with Crippen molar-refractivity contribution in [2.75, 3.05) is 0 Å². The molecule has 2 rings (SSSR count). The maximum Gasteiger partial charge on any atom is 0.338 e. The summed E-state index contributed by atoms with van der Waals surface area (Å²) in [5, 5.41) is 6.36. The summed E-state index contributed by atoms with van der Waals surface area (Å²) in [6.45, 7) is 5.34. The van der Waals surface area contributed by atoms with Crippen LogP contribution in [0, 0.1) is 5.82 Å². The third kappa shape index (κ3) is 3.58. The molecule has 0 saturated carbocycles. The summed E-state index contributed by atoms with van der Waals surface area (Å²) in [5.74, 6) is -0.749. The molecule has 1 heterocycles. The van der Waals surface area contributed by atoms with Gasteiger partial charge in [-0.3, -0.25) is 0 Å². The van der Waals surface area contributed by atoms with E-state index in [0.717, 1.165) is 5.56 Å². The Hall–Kier alpha value is -1.95. The lowest BCUT2D eigenvalue weighted by atomic mass is 9.95. The lowest BCUT2D eigenvalue weighted by Crippen LogP contribution is -2.45. The predicted molar refractivity (Wildman–Crippen MR) is 81.9 cm³/mol. The lowest BCUT2D eigenvalue weighted by molar-refractivity contribution is -0.143. The van der Waals surface area contributed by atoms with Crippen molar-refractivity contribution in [1.82, 2.24) is 10.6 Å². The predicted octanol–water partition coefficient (Wildman–Crippen LogP) is 2.57. The number of carbonyl (C=O) groups is 1. The maximum atomic E-state index is 13.1. The first-order valence-electron chi connectivity index (χ1n) is 6.63. The standard InChI is InChI=1S/C15H17FN2O2S/c1-8(2)20-14(19)12-9(3)17-15(21)18-13(12)10-4-6-11(16)7-5-10/h4-8,13H,1-3H3,(H2,17,18,21)/t13-/m1/s1. The minimum absolute atomic E-state index is 0.222. The van der Waals surface area contributed by atoms with Gasteiger partial charge in [-0.25, -0.2) is 9.18 Å². The Kier molecular flexibility index (Phi) is 4.57. The number of rotatable bonds is 3. The second-order valence-corrected chi connectivity index (χ2v) is 5.48. The van der Waals surface area contributed by atoms with Gasteiger partial charge in [-0.2, -0.15) is 0 Å². The zero-order chi connectivity index (χ0) is 15.6. The highest BCUT2D eigenvalue weighted by molar-refractivity contribution is 7.80. The number of hydrogen-bond donors (Lipinski definition) is 2. The zero-order valence-corrected chi connectivity index (χ0v) is 12.9. The van der Waals surface area contributed by atoms with Crippen LogP contribution >= 0.6 is 12.2 Å². The summed E-state index contributed by atoms with van der Waals surface area (Å²) < 4.78 is 18.3. The van der Waals surface area contributed by atoms with Crippen LogP contribution in [0.5, 0.6) is 0 Å². The second-order valence-electron chi connectivity index (χ2n) is 5.08. The Morgan fingerprint density at radius 2 is 1.95 bits per heavy atom. The molecule has 0 fully saturated rings. The molecule has 1 aliphatic rings. The maximum absolute atomic E-state index is 13.1. The lowest BCUT2D eigenvalue weighted by Gasteiger charge is -2.30. The Balaban J connectivity index is 2.40. The van der Waals surface area contributed by atoms with Gasteiger partial charge in [0.25, 0.3) is 0 Å². The van der Waals surface area contributed by atoms with Crippen LogP contribution < -0.4 is 10.6 Å². The summed E-state index contributed by atoms with van der Waals surface area (Å²) in [6, 6.07) is 5.49. The van der Waals surface area contributed by atoms with Crippen LogP contribution in [0.3, 0.4) is 0 Å². The zero-order valence-electron chi connectivity index (χ0n) is 12.1. The van der Waals surface area contributed by atoms with Crippen LogP contribution in [0.4, 0.5) is 4.39 Å². The van der Waals surface area contributed by atoms with Crippen LogP contribution in [0.15, 0.2) is 35.5 Å². The highest BCUT2D eigenvalue weighted by atomic mass is 32.1. The molecular weight excluding hydrogens is 291 g/mol. The van der Waals surface area contributed by atoms with Crippen LogP contribution in [0.1, 0.15) is 32.4 Å². The van der Waals surface area contributed by atoms with Crippen molar-refractivity contribution in [2.45, 2.75) is 32.9 Å². The molecule has 0 radical (unpaired) electrons. The Morgan fingerprint density at radius 1 is 1.33 bits per heavy atom. The molecule has 1 aliphatic heterocycles. The van der Waals surface area contributed by atoms with Crippen LogP contribution in [-0.4, -0.2) is 17.2 Å². The van der Waals surface area contributed by atoms with Gasteiger partial charge in [0.2, 0.25) is 0 Å². The van der Waals surface area contributed by atoms with Crippen LogP contribution in [0.2, 0.25) is 0 Å². The molecule has 1 atom stereocenters. The fraction of sp³-hybridized carbons (Fsp3) is 0.333. The molecule has 0 aliphatic carbocycles. The normalized spacial score (nSPS) is 18.3. The molecule has 1 aromatic carbocycles. The van der Waals surface area contributed by atoms with E-state index in [4.69, 9.17) is 17.0 Å². The van der Waals surface area contributed by atoms with E-state index in [0.29, 0.717) is 16.4 Å². The van der Waals surface area contributed by atoms with Gasteiger partial charge < -0.3 is 15.4 Å². The summed E-state index contributed by atoms with van der Waals surface area (Å²) in [6.07, 6.45) is -0.222. The van der Waals surface area contributed by atoms with Gasteiger partial charge in [0, 0.05) is 5.70 Å². The smallest absolute Gasteiger partial charge is 0.338 e. The number of thiocarbonyl (C=S) groups is 1. The first-order valence-corrected chi connectivity index (χ1v) is 7.04. The largest absolute Gasteiger partial charge is 0.459 e. The quantitative estimate of drug-likeness (QED) is 0.664. The summed E-state index contributed by atoms with van der Waals surface area (Å²) in [7, 11) is 0. The average Bonchev–Trinajstić information content (AvgIpc) is 2.37. The number of halogens is 1. The van der Waals surface area contributed by atoms with Gasteiger partial charge in [0.1, 0.15) is 5.82 Å². The van der Waals surface area contributed by atoms with Gasteiger partial charge in [-0.05, 0) is 50.7 Å². The van der Waals surface area contributed by atoms with E-state index >= 15 is 0 Å². The van der Waals surface area contributed by atoms with E-state index in [1.165, 1.54) is 12.1 Å². The van der Waals surface area contributed by atoms with Gasteiger partial charge in [0.15, 0.2) is 5.11 Å². The van der Waals surface area contributed by atoms with Gasteiger partial charge in [-0.1, -0.05) is 12.1 Å². The number of allylic oxidation sites excluding steroid dienone is 1. The van der Waals surface area contributed by atoms with E-state index < -0.39 is 12.0 Å². The molecule has 112 valence electrons. The third-order valence-electron chi connectivity index (χ3n) is 3.04. The number of ether oxygens (including phenoxy) is 1. The Bertz CT molecular complexity index is 596. The number of nitrogens with one attached hydrogen (secondary N) is 2. The fourth-order valence-electron chi connectivity index (χ4n) is 2.15. The van der Waals surface area contributed by atoms with E-state index in [2.05, 4.69) is 10.6 Å². The van der Waals surface area contributed by atoms with Crippen molar-refractivity contribution < 1.29 is 13.9 Å². The van der Waals surface area contributed by atoms with Crippen LogP contribution in [-0.2, 0) is 9.53 Å². The van der Waals surface area contributed by atoms with Crippen molar-refractivity contribution >= 4 is 23.3 Å². The number of benzene rings is 1. The molecule has 21 heavy (non-hydrogen) atoms. The molecule has 0 bridgehead atoms. The minimum Gasteiger partial charge on any atom is -0.459 e. The first kappa shape index (κ1) is 15.4. The summed E-state index contributed by atoms with van der Waals surface area (Å²) >= 11 is 5.13. The third-order valence-corrected chi connectivity index (χ3v) is 3.26. The Morgan fingerprint density at radius 3 is 2.52 bits per heavy atom. The van der Waals surface area contributed by atoms with E-state index in [-0.39, 0.29) is 11.9 Å². The van der Waals surface area contributed by atoms with Gasteiger partial charge in [0.05, 0.1) is 17.7 Å². The fourth-order valence-corrected chi connectivity index (χ4v) is 2.42. The van der Waals surface area contributed by atoms with Crippen LogP contribution in [0.25, 0.3) is 0 Å². The second kappa shape index (κ2) is 6.22. The average molecular weight is 308 g/mol. The molecule has 6 heteroatoms. The molecule has 0 unspecified atom stereocenters. The van der Waals surface area contributed by atoms with Gasteiger partial charge in [-0.15, -0.1) is 0 Å². The highest BCUT2D eigenvalue weighted by Gasteiger charge is 2.31. The summed E-state index contributed by atoms with van der Waals surface area (Å²) in [5.41, 5.74) is 1.83. The van der Waals surface area contributed by atoms with E-state index in [1.807, 2.05) is 0 Å².